The molecule has 15 heavy (non-hydrogen) atoms. The van der Waals surface area contributed by atoms with Crippen LogP contribution in [-0.4, -0.2) is 23.2 Å². The van der Waals surface area contributed by atoms with Crippen LogP contribution in [0.15, 0.2) is 18.2 Å². The summed E-state index contributed by atoms with van der Waals surface area (Å²) >= 11 is 7.39. The molecule has 0 spiro atoms. The van der Waals surface area contributed by atoms with Gasteiger partial charge in [0.15, 0.2) is 0 Å². The van der Waals surface area contributed by atoms with E-state index in [0.29, 0.717) is 18.2 Å². The highest BCUT2D eigenvalue weighted by molar-refractivity contribution is 7.19. The van der Waals surface area contributed by atoms with E-state index < -0.39 is 5.60 Å². The highest BCUT2D eigenvalue weighted by atomic mass is 35.5. The third-order valence-electron chi connectivity index (χ3n) is 2.63. The minimum atomic E-state index is -0.697. The van der Waals surface area contributed by atoms with Crippen molar-refractivity contribution >= 4 is 33.2 Å². The van der Waals surface area contributed by atoms with Crippen molar-refractivity contribution in [2.75, 3.05) is 13.1 Å². The molecule has 1 aliphatic rings. The van der Waals surface area contributed by atoms with E-state index in [2.05, 4.69) is 10.3 Å². The average Bonchev–Trinajstić information content (AvgIpc) is 2.57. The van der Waals surface area contributed by atoms with E-state index in [4.69, 9.17) is 11.6 Å². The maximum Gasteiger partial charge on any atom is 0.129 e. The molecule has 1 aliphatic heterocycles. The molecule has 0 aromatic carbocycles. The zero-order chi connectivity index (χ0) is 10.5. The normalized spacial score (nSPS) is 19.1. The fraction of sp³-hybridized carbons (Fsp3) is 0.300. The Bertz CT molecular complexity index is 521. The average molecular weight is 241 g/mol. The number of fused-ring (bicyclic) bond motifs is 1. The van der Waals surface area contributed by atoms with E-state index in [1.807, 2.05) is 12.1 Å². The van der Waals surface area contributed by atoms with Gasteiger partial charge in [-0.15, -0.1) is 11.3 Å². The number of nitrogens with one attached hydrogen (secondary N) is 1. The summed E-state index contributed by atoms with van der Waals surface area (Å²) in [6, 6.07) is 5.63. The monoisotopic (exact) mass is 240 g/mol. The van der Waals surface area contributed by atoms with Crippen LogP contribution >= 0.6 is 22.9 Å². The van der Waals surface area contributed by atoms with E-state index in [-0.39, 0.29) is 0 Å². The van der Waals surface area contributed by atoms with Gasteiger partial charge < -0.3 is 10.4 Å². The Kier molecular flexibility index (Phi) is 2.01. The zero-order valence-corrected chi connectivity index (χ0v) is 9.40. The van der Waals surface area contributed by atoms with Crippen LogP contribution in [0.2, 0.25) is 5.15 Å². The summed E-state index contributed by atoms with van der Waals surface area (Å²) < 4.78 is 1.06. The number of thiophene rings is 1. The number of β-amino-alcohol motifs (C(OH)–C–C–N with tert-alkyl or cyclic N) is 1. The van der Waals surface area contributed by atoms with E-state index in [0.717, 1.165) is 15.1 Å². The molecule has 0 bridgehead atoms. The van der Waals surface area contributed by atoms with Crippen LogP contribution in [0.4, 0.5) is 0 Å². The number of rotatable bonds is 1. The fourth-order valence-corrected chi connectivity index (χ4v) is 2.91. The number of aliphatic hydroxyl groups is 1. The van der Waals surface area contributed by atoms with Gasteiger partial charge in [0, 0.05) is 18.0 Å². The summed E-state index contributed by atoms with van der Waals surface area (Å²) in [6.07, 6.45) is 0. The highest BCUT2D eigenvalue weighted by Crippen LogP contribution is 2.35. The molecule has 0 unspecified atom stereocenters. The third kappa shape index (κ3) is 1.45. The molecule has 78 valence electrons. The van der Waals surface area contributed by atoms with Crippen molar-refractivity contribution in [2.24, 2.45) is 0 Å². The molecular formula is C10H9ClN2OS. The van der Waals surface area contributed by atoms with E-state index in [1.165, 1.54) is 0 Å². The summed E-state index contributed by atoms with van der Waals surface area (Å²) in [4.78, 5) is 5.18. The van der Waals surface area contributed by atoms with Crippen LogP contribution < -0.4 is 5.32 Å². The second kappa shape index (κ2) is 3.15. The molecule has 2 N–H and O–H groups in total. The summed E-state index contributed by atoms with van der Waals surface area (Å²) in [7, 11) is 0. The van der Waals surface area contributed by atoms with Crippen molar-refractivity contribution in [2.45, 2.75) is 5.60 Å². The number of hydrogen-bond acceptors (Lipinski definition) is 4. The van der Waals surface area contributed by atoms with Crippen LogP contribution in [0, 0.1) is 0 Å². The summed E-state index contributed by atoms with van der Waals surface area (Å²) in [5.41, 5.74) is 0.167. The smallest absolute Gasteiger partial charge is 0.129 e. The second-order valence-corrected chi connectivity index (χ2v) is 5.23. The highest BCUT2D eigenvalue weighted by Gasteiger charge is 2.37. The molecule has 0 atom stereocenters. The number of nitrogens with zero attached hydrogens (tertiary/aromatic N) is 1. The van der Waals surface area contributed by atoms with Crippen molar-refractivity contribution < 1.29 is 5.11 Å². The lowest BCUT2D eigenvalue weighted by Crippen LogP contribution is -2.56. The number of aromatic nitrogens is 1. The van der Waals surface area contributed by atoms with Crippen molar-refractivity contribution in [3.05, 3.63) is 28.2 Å². The van der Waals surface area contributed by atoms with Gasteiger partial charge in [-0.25, -0.2) is 4.98 Å². The first kappa shape index (κ1) is 9.54. The van der Waals surface area contributed by atoms with Crippen LogP contribution in [0.3, 0.4) is 0 Å². The van der Waals surface area contributed by atoms with Gasteiger partial charge in [0.2, 0.25) is 0 Å². The van der Waals surface area contributed by atoms with Crippen molar-refractivity contribution in [3.8, 4) is 0 Å². The number of halogens is 1. The lowest BCUT2D eigenvalue weighted by Gasteiger charge is -2.36. The number of hydrogen-bond donors (Lipinski definition) is 2. The van der Waals surface area contributed by atoms with Gasteiger partial charge in [0.25, 0.3) is 0 Å². The molecule has 3 rings (SSSR count). The SMILES string of the molecule is OC1(c2cc3nc(Cl)ccc3s2)CNC1. The molecule has 0 radical (unpaired) electrons. The summed E-state index contributed by atoms with van der Waals surface area (Å²) in [5, 5.41) is 13.7. The lowest BCUT2D eigenvalue weighted by molar-refractivity contribution is -0.0111. The molecule has 5 heteroatoms. The predicted octanol–water partition coefficient (Wildman–Crippen LogP) is 1.74. The van der Waals surface area contributed by atoms with Gasteiger partial charge in [0.1, 0.15) is 10.8 Å². The fourth-order valence-electron chi connectivity index (χ4n) is 1.66. The molecule has 1 saturated heterocycles. The molecule has 0 saturated carbocycles. The molecule has 2 aromatic rings. The van der Waals surface area contributed by atoms with Crippen molar-refractivity contribution in [3.63, 3.8) is 0 Å². The topological polar surface area (TPSA) is 45.2 Å². The Labute approximate surface area is 95.7 Å². The predicted molar refractivity (Wildman–Crippen MR) is 61.4 cm³/mol. The lowest BCUT2D eigenvalue weighted by atomic mass is 9.95. The molecule has 0 amide bonds. The first-order chi connectivity index (χ1) is 7.17. The number of pyridine rings is 1. The quantitative estimate of drug-likeness (QED) is 0.747. The molecule has 0 aliphatic carbocycles. The second-order valence-electron chi connectivity index (χ2n) is 3.76. The Hall–Kier alpha value is -0.680. The first-order valence-corrected chi connectivity index (χ1v) is 5.86. The molecule has 1 fully saturated rings. The molecule has 2 aromatic heterocycles. The van der Waals surface area contributed by atoms with Gasteiger partial charge in [-0.3, -0.25) is 0 Å². The van der Waals surface area contributed by atoms with Gasteiger partial charge in [0.05, 0.1) is 10.2 Å². The Balaban J connectivity index is 2.14. The van der Waals surface area contributed by atoms with E-state index in [9.17, 15) is 5.11 Å². The van der Waals surface area contributed by atoms with Crippen molar-refractivity contribution in [1.82, 2.24) is 10.3 Å². The minimum absolute atomic E-state index is 0.491. The van der Waals surface area contributed by atoms with Gasteiger partial charge in [-0.05, 0) is 18.2 Å². The van der Waals surface area contributed by atoms with Gasteiger partial charge >= 0.3 is 0 Å². The molecule has 3 nitrogen and oxygen atoms in total. The Morgan fingerprint density at radius 2 is 2.27 bits per heavy atom. The van der Waals surface area contributed by atoms with Gasteiger partial charge in [-0.2, -0.15) is 0 Å². The Morgan fingerprint density at radius 1 is 1.47 bits per heavy atom. The van der Waals surface area contributed by atoms with Gasteiger partial charge in [-0.1, -0.05) is 11.6 Å². The molecule has 3 heterocycles. The standard InChI is InChI=1S/C10H9ClN2OS/c11-9-2-1-7-6(13-9)3-8(15-7)10(14)4-12-5-10/h1-3,12,14H,4-5H2. The van der Waals surface area contributed by atoms with Crippen LogP contribution in [0.25, 0.3) is 10.2 Å². The minimum Gasteiger partial charge on any atom is -0.382 e. The van der Waals surface area contributed by atoms with Crippen LogP contribution in [0.5, 0.6) is 0 Å². The van der Waals surface area contributed by atoms with E-state index in [1.54, 1.807) is 17.4 Å². The third-order valence-corrected chi connectivity index (χ3v) is 4.13. The largest absolute Gasteiger partial charge is 0.382 e. The summed E-state index contributed by atoms with van der Waals surface area (Å²) in [6.45, 7) is 1.24. The van der Waals surface area contributed by atoms with E-state index >= 15 is 0 Å². The summed E-state index contributed by atoms with van der Waals surface area (Å²) in [5.74, 6) is 0. The van der Waals surface area contributed by atoms with Crippen LogP contribution in [-0.2, 0) is 5.60 Å². The molecular weight excluding hydrogens is 232 g/mol. The van der Waals surface area contributed by atoms with Crippen LogP contribution in [0.1, 0.15) is 4.88 Å². The Morgan fingerprint density at radius 3 is 2.93 bits per heavy atom. The maximum absolute atomic E-state index is 10.1. The van der Waals surface area contributed by atoms with Crippen molar-refractivity contribution in [1.29, 1.82) is 0 Å². The first-order valence-electron chi connectivity index (χ1n) is 4.67. The zero-order valence-electron chi connectivity index (χ0n) is 7.83. The maximum atomic E-state index is 10.1.